The Bertz CT molecular complexity index is 213. The first-order chi connectivity index (χ1) is 6.35. The Morgan fingerprint density at radius 1 is 1.50 bits per heavy atom. The van der Waals surface area contributed by atoms with Crippen molar-refractivity contribution in [3.8, 4) is 0 Å². The van der Waals surface area contributed by atoms with Gasteiger partial charge in [-0.2, -0.15) is 13.2 Å². The number of hydrogen-bond acceptors (Lipinski definition) is 2. The van der Waals surface area contributed by atoms with Crippen molar-refractivity contribution in [3.63, 3.8) is 0 Å². The highest BCUT2D eigenvalue weighted by Gasteiger charge is 2.29. The topological polar surface area (TPSA) is 40.5 Å². The predicted molar refractivity (Wildman–Crippen MR) is 44.9 cm³/mol. The van der Waals surface area contributed by atoms with E-state index in [1.54, 1.807) is 6.92 Å². The van der Waals surface area contributed by atoms with E-state index in [1.807, 2.05) is 0 Å². The maximum Gasteiger partial charge on any atom is 0.401 e. The molecule has 0 radical (unpaired) electrons. The smallest absolute Gasteiger partial charge is 0.401 e. The van der Waals surface area contributed by atoms with E-state index in [4.69, 9.17) is 5.11 Å². The summed E-state index contributed by atoms with van der Waals surface area (Å²) in [5, 5.41) is 8.20. The van der Waals surface area contributed by atoms with Crippen LogP contribution in [0.2, 0.25) is 0 Å². The minimum Gasteiger partial charge on any atom is -0.478 e. The Labute approximate surface area is 79.8 Å². The van der Waals surface area contributed by atoms with Gasteiger partial charge in [0.2, 0.25) is 0 Å². The van der Waals surface area contributed by atoms with E-state index in [1.165, 1.54) is 6.08 Å². The number of carboxylic acids is 1. The third kappa shape index (κ3) is 7.60. The standard InChI is InChI=1S/C8H12F3NO2/c1-2-12(6-8(9,10)11)5-3-4-7(13)14/h3-4H,2,5-6H2,1H3,(H,13,14). The van der Waals surface area contributed by atoms with Crippen molar-refractivity contribution in [2.45, 2.75) is 13.1 Å². The van der Waals surface area contributed by atoms with Crippen molar-refractivity contribution in [1.82, 2.24) is 4.90 Å². The van der Waals surface area contributed by atoms with Crippen molar-refractivity contribution < 1.29 is 23.1 Å². The lowest BCUT2D eigenvalue weighted by Crippen LogP contribution is -2.34. The third-order valence-corrected chi connectivity index (χ3v) is 1.47. The summed E-state index contributed by atoms with van der Waals surface area (Å²) >= 11 is 0. The van der Waals surface area contributed by atoms with Crippen LogP contribution in [0, 0.1) is 0 Å². The van der Waals surface area contributed by atoms with Gasteiger partial charge < -0.3 is 5.11 Å². The molecule has 0 spiro atoms. The number of rotatable bonds is 5. The summed E-state index contributed by atoms with van der Waals surface area (Å²) in [6.45, 7) is 0.777. The molecule has 6 heteroatoms. The average molecular weight is 211 g/mol. The number of aliphatic carboxylic acids is 1. The summed E-state index contributed by atoms with van der Waals surface area (Å²) in [5.74, 6) is -1.16. The van der Waals surface area contributed by atoms with Crippen LogP contribution < -0.4 is 0 Å². The maximum atomic E-state index is 11.9. The van der Waals surface area contributed by atoms with Crippen LogP contribution in [-0.2, 0) is 4.79 Å². The van der Waals surface area contributed by atoms with Crippen molar-refractivity contribution >= 4 is 5.97 Å². The molecular weight excluding hydrogens is 199 g/mol. The number of carboxylic acid groups (broad SMARTS) is 1. The van der Waals surface area contributed by atoms with Gasteiger partial charge in [-0.15, -0.1) is 0 Å². The molecule has 0 aromatic heterocycles. The summed E-state index contributed by atoms with van der Waals surface area (Å²) < 4.78 is 35.7. The van der Waals surface area contributed by atoms with Crippen LogP contribution in [-0.4, -0.2) is 41.8 Å². The molecule has 0 unspecified atom stereocenters. The Morgan fingerprint density at radius 2 is 2.07 bits per heavy atom. The Kier molecular flexibility index (Phi) is 5.22. The molecule has 0 fully saturated rings. The molecule has 0 aromatic rings. The number of carbonyl (C=O) groups is 1. The molecular formula is C8H12F3NO2. The lowest BCUT2D eigenvalue weighted by molar-refractivity contribution is -0.144. The summed E-state index contributed by atoms with van der Waals surface area (Å²) in [7, 11) is 0. The number of nitrogens with zero attached hydrogens (tertiary/aromatic N) is 1. The molecule has 0 aliphatic rings. The van der Waals surface area contributed by atoms with Crippen LogP contribution in [0.15, 0.2) is 12.2 Å². The van der Waals surface area contributed by atoms with Gasteiger partial charge in [0.05, 0.1) is 6.54 Å². The second-order valence-electron chi connectivity index (χ2n) is 2.68. The van der Waals surface area contributed by atoms with E-state index < -0.39 is 18.7 Å². The molecule has 0 amide bonds. The molecule has 0 aliphatic carbocycles. The van der Waals surface area contributed by atoms with Crippen molar-refractivity contribution in [2.24, 2.45) is 0 Å². The molecule has 0 aliphatic heterocycles. The zero-order chi connectivity index (χ0) is 11.2. The first-order valence-electron chi connectivity index (χ1n) is 4.03. The minimum atomic E-state index is -4.24. The van der Waals surface area contributed by atoms with Crippen LogP contribution in [0.1, 0.15) is 6.92 Å². The first-order valence-corrected chi connectivity index (χ1v) is 4.03. The molecule has 0 bridgehead atoms. The summed E-state index contributed by atoms with van der Waals surface area (Å²) in [6, 6.07) is 0. The molecule has 0 saturated carbocycles. The van der Waals surface area contributed by atoms with Crippen LogP contribution in [0.5, 0.6) is 0 Å². The monoisotopic (exact) mass is 211 g/mol. The summed E-state index contributed by atoms with van der Waals surface area (Å²) in [5.41, 5.74) is 0. The fourth-order valence-electron chi connectivity index (χ4n) is 0.862. The molecule has 1 N–H and O–H groups in total. The molecule has 0 rings (SSSR count). The van der Waals surface area contributed by atoms with Gasteiger partial charge in [0.25, 0.3) is 0 Å². The highest BCUT2D eigenvalue weighted by atomic mass is 19.4. The molecule has 82 valence electrons. The third-order valence-electron chi connectivity index (χ3n) is 1.47. The molecule has 3 nitrogen and oxygen atoms in total. The Morgan fingerprint density at radius 3 is 2.43 bits per heavy atom. The van der Waals surface area contributed by atoms with Crippen LogP contribution in [0.3, 0.4) is 0 Å². The highest BCUT2D eigenvalue weighted by Crippen LogP contribution is 2.15. The number of likely N-dealkylation sites (N-methyl/N-ethyl adjacent to an activating group) is 1. The predicted octanol–water partition coefficient (Wildman–Crippen LogP) is 1.51. The lowest BCUT2D eigenvalue weighted by Gasteiger charge is -2.19. The van der Waals surface area contributed by atoms with E-state index in [-0.39, 0.29) is 13.1 Å². The normalized spacial score (nSPS) is 12.6. The Hall–Kier alpha value is -1.04. The largest absolute Gasteiger partial charge is 0.478 e. The first kappa shape index (κ1) is 13.0. The molecule has 0 heterocycles. The zero-order valence-corrected chi connectivity index (χ0v) is 7.71. The van der Waals surface area contributed by atoms with E-state index >= 15 is 0 Å². The van der Waals surface area contributed by atoms with Gasteiger partial charge in [-0.25, -0.2) is 4.79 Å². The number of hydrogen-bond donors (Lipinski definition) is 1. The number of alkyl halides is 3. The van der Waals surface area contributed by atoms with E-state index in [0.717, 1.165) is 11.0 Å². The van der Waals surface area contributed by atoms with Crippen molar-refractivity contribution in [3.05, 3.63) is 12.2 Å². The number of halogens is 3. The van der Waals surface area contributed by atoms with Gasteiger partial charge in [0.1, 0.15) is 0 Å². The summed E-state index contributed by atoms with van der Waals surface area (Å²) in [6.07, 6.45) is -2.22. The highest BCUT2D eigenvalue weighted by molar-refractivity contribution is 5.79. The quantitative estimate of drug-likeness (QED) is 0.701. The van der Waals surface area contributed by atoms with Gasteiger partial charge in [-0.1, -0.05) is 13.0 Å². The SMILES string of the molecule is CCN(CC=CC(=O)O)CC(F)(F)F. The van der Waals surface area contributed by atoms with Crippen LogP contribution >= 0.6 is 0 Å². The summed E-state index contributed by atoms with van der Waals surface area (Å²) in [4.78, 5) is 11.1. The van der Waals surface area contributed by atoms with Gasteiger partial charge >= 0.3 is 12.1 Å². The van der Waals surface area contributed by atoms with Gasteiger partial charge in [0, 0.05) is 12.6 Å². The van der Waals surface area contributed by atoms with Crippen molar-refractivity contribution in [2.75, 3.05) is 19.6 Å². The second-order valence-corrected chi connectivity index (χ2v) is 2.68. The molecule has 0 aromatic carbocycles. The van der Waals surface area contributed by atoms with Crippen LogP contribution in [0.4, 0.5) is 13.2 Å². The lowest BCUT2D eigenvalue weighted by atomic mass is 10.4. The second kappa shape index (κ2) is 5.64. The average Bonchev–Trinajstić information content (AvgIpc) is 1.99. The van der Waals surface area contributed by atoms with Gasteiger partial charge in [-0.05, 0) is 6.54 Å². The molecule has 14 heavy (non-hydrogen) atoms. The molecule has 0 saturated heterocycles. The fourth-order valence-corrected chi connectivity index (χ4v) is 0.862. The van der Waals surface area contributed by atoms with Gasteiger partial charge in [0.15, 0.2) is 0 Å². The minimum absolute atomic E-state index is 0.0116. The maximum absolute atomic E-state index is 11.9. The van der Waals surface area contributed by atoms with Crippen LogP contribution in [0.25, 0.3) is 0 Å². The zero-order valence-electron chi connectivity index (χ0n) is 7.71. The van der Waals surface area contributed by atoms with E-state index in [9.17, 15) is 18.0 Å². The van der Waals surface area contributed by atoms with Gasteiger partial charge in [-0.3, -0.25) is 4.90 Å². The van der Waals surface area contributed by atoms with E-state index in [2.05, 4.69) is 0 Å². The van der Waals surface area contributed by atoms with E-state index in [0.29, 0.717) is 0 Å². The fraction of sp³-hybridized carbons (Fsp3) is 0.625. The van der Waals surface area contributed by atoms with Crippen molar-refractivity contribution in [1.29, 1.82) is 0 Å². The Balaban J connectivity index is 3.98. The molecule has 0 atom stereocenters.